The Morgan fingerprint density at radius 3 is 2.04 bits per heavy atom. The van der Waals surface area contributed by atoms with E-state index in [2.05, 4.69) is 0 Å². The lowest BCUT2D eigenvalue weighted by Crippen LogP contribution is -2.41. The summed E-state index contributed by atoms with van der Waals surface area (Å²) >= 11 is 0. The van der Waals surface area contributed by atoms with Crippen LogP contribution in [0.25, 0.3) is 0 Å². The number of carbonyl (C=O) groups excluding carboxylic acids is 1. The van der Waals surface area contributed by atoms with Crippen LogP contribution in [0, 0.1) is 0 Å². The van der Waals surface area contributed by atoms with Crippen molar-refractivity contribution in [1.82, 2.24) is 0 Å². The smallest absolute Gasteiger partial charge is 0.476 e. The van der Waals surface area contributed by atoms with E-state index in [1.807, 2.05) is 39.8 Å². The molecule has 5 nitrogen and oxygen atoms in total. The maximum atomic E-state index is 11.9. The Bertz CT molecular complexity index is 576. The first-order chi connectivity index (χ1) is 11.0. The highest BCUT2D eigenvalue weighted by atomic mass is 16.7. The van der Waals surface area contributed by atoms with E-state index < -0.39 is 12.7 Å². The molecule has 0 radical (unpaired) electrons. The summed E-state index contributed by atoms with van der Waals surface area (Å²) in [6, 6.07) is 7.39. The van der Waals surface area contributed by atoms with Crippen LogP contribution in [0.15, 0.2) is 24.3 Å². The molecule has 1 aliphatic rings. The molecule has 6 heteroatoms. The molecular weight excluding hydrogens is 307 g/mol. The van der Waals surface area contributed by atoms with Crippen LogP contribution in [0.3, 0.4) is 0 Å². The Hall–Kier alpha value is -1.53. The van der Waals surface area contributed by atoms with Gasteiger partial charge in [0.2, 0.25) is 0 Å². The van der Waals surface area contributed by atoms with Crippen LogP contribution in [0.2, 0.25) is 0 Å². The topological polar surface area (TPSA) is 54.0 Å². The molecule has 0 amide bonds. The first-order valence-corrected chi connectivity index (χ1v) is 8.30. The van der Waals surface area contributed by atoms with Gasteiger partial charge in [-0.1, -0.05) is 12.1 Å². The molecule has 1 aromatic carbocycles. The van der Waals surface area contributed by atoms with Crippen molar-refractivity contribution >= 4 is 18.6 Å². The molecule has 0 aromatic heterocycles. The lowest BCUT2D eigenvalue weighted by atomic mass is 9.79. The first-order valence-electron chi connectivity index (χ1n) is 8.30. The van der Waals surface area contributed by atoms with Crippen LogP contribution in [0.1, 0.15) is 48.5 Å². The normalized spacial score (nSPS) is 19.2. The third-order valence-corrected chi connectivity index (χ3v) is 4.55. The SMILES string of the molecule is CCOC(=O)C(C)(C)Oc1ccc(B2OC(C)(C)C(C)(C)O2)cc1. The number of rotatable bonds is 5. The second-order valence-corrected chi connectivity index (χ2v) is 7.49. The predicted octanol–water partition coefficient (Wildman–Crippen LogP) is 2.71. The number of benzene rings is 1. The summed E-state index contributed by atoms with van der Waals surface area (Å²) in [5.74, 6) is 0.202. The number of carbonyl (C=O) groups is 1. The van der Waals surface area contributed by atoms with Crippen molar-refractivity contribution in [1.29, 1.82) is 0 Å². The Labute approximate surface area is 144 Å². The summed E-state index contributed by atoms with van der Waals surface area (Å²) in [4.78, 5) is 11.9. The summed E-state index contributed by atoms with van der Waals surface area (Å²) < 4.78 is 22.8. The minimum Gasteiger partial charge on any atom is -0.476 e. The summed E-state index contributed by atoms with van der Waals surface area (Å²) in [5.41, 5.74) is -0.880. The van der Waals surface area contributed by atoms with Crippen molar-refractivity contribution in [3.8, 4) is 5.75 Å². The summed E-state index contributed by atoms with van der Waals surface area (Å²) in [6.45, 7) is 13.6. The number of hydrogen-bond acceptors (Lipinski definition) is 5. The molecule has 24 heavy (non-hydrogen) atoms. The molecular formula is C18H27BO5. The molecule has 0 spiro atoms. The molecule has 0 aliphatic carbocycles. The molecule has 0 bridgehead atoms. The van der Waals surface area contributed by atoms with Gasteiger partial charge in [0.25, 0.3) is 0 Å². The highest BCUT2D eigenvalue weighted by Crippen LogP contribution is 2.36. The monoisotopic (exact) mass is 334 g/mol. The fourth-order valence-electron chi connectivity index (χ4n) is 2.31. The molecule has 1 fully saturated rings. The van der Waals surface area contributed by atoms with Gasteiger partial charge in [-0.15, -0.1) is 0 Å². The Morgan fingerprint density at radius 2 is 1.58 bits per heavy atom. The van der Waals surface area contributed by atoms with Gasteiger partial charge >= 0.3 is 13.1 Å². The molecule has 2 rings (SSSR count). The van der Waals surface area contributed by atoms with Crippen LogP contribution in [-0.4, -0.2) is 36.5 Å². The van der Waals surface area contributed by atoms with E-state index in [9.17, 15) is 4.79 Å². The molecule has 1 heterocycles. The van der Waals surface area contributed by atoms with E-state index in [-0.39, 0.29) is 17.2 Å². The second kappa shape index (κ2) is 6.41. The summed E-state index contributed by atoms with van der Waals surface area (Å²) in [5, 5.41) is 0. The fourth-order valence-corrected chi connectivity index (χ4v) is 2.31. The summed E-state index contributed by atoms with van der Waals surface area (Å²) in [6.07, 6.45) is 0. The molecule has 1 saturated heterocycles. The minimum atomic E-state index is -1.04. The second-order valence-electron chi connectivity index (χ2n) is 7.49. The van der Waals surface area contributed by atoms with Crippen LogP contribution in [0.4, 0.5) is 0 Å². The van der Waals surface area contributed by atoms with Crippen molar-refractivity contribution in [3.05, 3.63) is 24.3 Å². The highest BCUT2D eigenvalue weighted by molar-refractivity contribution is 6.62. The largest absolute Gasteiger partial charge is 0.494 e. The zero-order chi connectivity index (χ0) is 18.2. The van der Waals surface area contributed by atoms with E-state index in [1.54, 1.807) is 32.9 Å². The van der Waals surface area contributed by atoms with Crippen LogP contribution in [-0.2, 0) is 18.8 Å². The average molecular weight is 334 g/mol. The average Bonchev–Trinajstić information content (AvgIpc) is 2.68. The zero-order valence-electron chi connectivity index (χ0n) is 15.6. The molecule has 0 unspecified atom stereocenters. The third kappa shape index (κ3) is 3.76. The van der Waals surface area contributed by atoms with Gasteiger partial charge in [0, 0.05) is 0 Å². The predicted molar refractivity (Wildman–Crippen MR) is 93.5 cm³/mol. The number of ether oxygens (including phenoxy) is 2. The quantitative estimate of drug-likeness (QED) is 0.612. The standard InChI is InChI=1S/C18H27BO5/c1-8-21-15(20)16(2,3)22-14-11-9-13(10-12-14)19-23-17(4,5)18(6,7)24-19/h9-12H,8H2,1-7H3. The van der Waals surface area contributed by atoms with Gasteiger partial charge < -0.3 is 18.8 Å². The van der Waals surface area contributed by atoms with Crippen LogP contribution < -0.4 is 10.2 Å². The summed E-state index contributed by atoms with van der Waals surface area (Å²) in [7, 11) is -0.415. The van der Waals surface area contributed by atoms with E-state index in [1.165, 1.54) is 0 Å². The van der Waals surface area contributed by atoms with Crippen molar-refractivity contribution in [2.45, 2.75) is 65.3 Å². The van der Waals surface area contributed by atoms with Crippen molar-refractivity contribution in [2.24, 2.45) is 0 Å². The molecule has 1 aromatic rings. The van der Waals surface area contributed by atoms with E-state index in [4.69, 9.17) is 18.8 Å². The maximum absolute atomic E-state index is 11.9. The fraction of sp³-hybridized carbons (Fsp3) is 0.611. The van der Waals surface area contributed by atoms with Gasteiger partial charge in [-0.2, -0.15) is 0 Å². The van der Waals surface area contributed by atoms with E-state index in [0.29, 0.717) is 12.4 Å². The molecule has 0 N–H and O–H groups in total. The zero-order valence-corrected chi connectivity index (χ0v) is 15.6. The van der Waals surface area contributed by atoms with Gasteiger partial charge in [0.15, 0.2) is 5.60 Å². The molecule has 1 aliphatic heterocycles. The van der Waals surface area contributed by atoms with Gasteiger partial charge in [0.1, 0.15) is 5.75 Å². The van der Waals surface area contributed by atoms with Crippen LogP contribution in [0.5, 0.6) is 5.75 Å². The van der Waals surface area contributed by atoms with Gasteiger partial charge in [-0.25, -0.2) is 4.79 Å². The van der Waals surface area contributed by atoms with Gasteiger partial charge in [-0.3, -0.25) is 0 Å². The van der Waals surface area contributed by atoms with Crippen LogP contribution >= 0.6 is 0 Å². The number of esters is 1. The van der Waals surface area contributed by atoms with E-state index >= 15 is 0 Å². The van der Waals surface area contributed by atoms with E-state index in [0.717, 1.165) is 5.46 Å². The van der Waals surface area contributed by atoms with Crippen molar-refractivity contribution < 1.29 is 23.6 Å². The Morgan fingerprint density at radius 1 is 1.08 bits per heavy atom. The lowest BCUT2D eigenvalue weighted by molar-refractivity contribution is -0.158. The third-order valence-electron chi connectivity index (χ3n) is 4.55. The maximum Gasteiger partial charge on any atom is 0.494 e. The van der Waals surface area contributed by atoms with Gasteiger partial charge in [-0.05, 0) is 66.1 Å². The Kier molecular flexibility index (Phi) is 5.02. The highest BCUT2D eigenvalue weighted by Gasteiger charge is 2.51. The molecule has 0 atom stereocenters. The van der Waals surface area contributed by atoms with Crippen molar-refractivity contribution in [3.63, 3.8) is 0 Å². The van der Waals surface area contributed by atoms with Gasteiger partial charge in [0.05, 0.1) is 17.8 Å². The molecule has 132 valence electrons. The Balaban J connectivity index is 2.08. The lowest BCUT2D eigenvalue weighted by Gasteiger charge is -2.32. The molecule has 0 saturated carbocycles. The first kappa shape index (κ1) is 18.8. The minimum absolute atomic E-state index is 0.326. The van der Waals surface area contributed by atoms with Crippen molar-refractivity contribution in [2.75, 3.05) is 6.61 Å². The number of hydrogen-bond donors (Lipinski definition) is 0.